The van der Waals surface area contributed by atoms with E-state index in [4.69, 9.17) is 0 Å². The van der Waals surface area contributed by atoms with Crippen LogP contribution in [0.25, 0.3) is 22.7 Å². The first-order chi connectivity index (χ1) is 16.6. The van der Waals surface area contributed by atoms with Gasteiger partial charge in [-0.05, 0) is 50.3 Å². The van der Waals surface area contributed by atoms with Gasteiger partial charge in [0.2, 0.25) is 5.78 Å². The summed E-state index contributed by atoms with van der Waals surface area (Å²) in [6.45, 7) is 4.28. The molecule has 0 amide bonds. The molecule has 174 valence electrons. The molecule has 2 heterocycles. The highest BCUT2D eigenvalue weighted by molar-refractivity contribution is 7.99. The average molecular weight is 471 g/mol. The zero-order valence-electron chi connectivity index (χ0n) is 19.9. The topological polar surface area (TPSA) is 52.2 Å². The second kappa shape index (κ2) is 8.42. The lowest BCUT2D eigenvalue weighted by molar-refractivity contribution is 0.424. The minimum atomic E-state index is -0.114. The number of fused-ring (bicyclic) bond motifs is 6. The Morgan fingerprint density at radius 2 is 1.79 bits per heavy atom. The summed E-state index contributed by atoms with van der Waals surface area (Å²) in [5.74, 6) is 1.60. The summed E-state index contributed by atoms with van der Waals surface area (Å²) in [5, 5.41) is 10.1. The molecule has 1 saturated carbocycles. The van der Waals surface area contributed by atoms with Crippen LogP contribution in [0, 0.1) is 6.92 Å². The van der Waals surface area contributed by atoms with Crippen LogP contribution < -0.4 is 5.56 Å². The molecule has 2 aliphatic rings. The van der Waals surface area contributed by atoms with Crippen LogP contribution in [0.5, 0.6) is 0 Å². The third-order valence-corrected chi connectivity index (χ3v) is 8.62. The highest BCUT2D eigenvalue weighted by Crippen LogP contribution is 2.50. The molecule has 0 aliphatic heterocycles. The molecular formula is C28H30N4OS. The van der Waals surface area contributed by atoms with E-state index in [0.29, 0.717) is 5.78 Å². The Bertz CT molecular complexity index is 1430. The molecule has 0 radical (unpaired) electrons. The number of unbranched alkanes of at least 4 members (excludes halogenated alkanes) is 1. The molecule has 1 fully saturated rings. The first-order valence-corrected chi connectivity index (χ1v) is 13.4. The van der Waals surface area contributed by atoms with Crippen molar-refractivity contribution in [1.82, 2.24) is 19.2 Å². The molecule has 0 N–H and O–H groups in total. The number of hydrogen-bond donors (Lipinski definition) is 0. The van der Waals surface area contributed by atoms with E-state index in [-0.39, 0.29) is 11.0 Å². The number of nitrogens with zero attached hydrogens (tertiary/aromatic N) is 4. The zero-order chi connectivity index (χ0) is 23.3. The van der Waals surface area contributed by atoms with Gasteiger partial charge in [-0.15, -0.1) is 10.2 Å². The Balaban J connectivity index is 1.73. The summed E-state index contributed by atoms with van der Waals surface area (Å²) >= 11 is 1.75. The van der Waals surface area contributed by atoms with Crippen molar-refractivity contribution in [2.45, 2.75) is 69.4 Å². The Labute approximate surface area is 204 Å². The van der Waals surface area contributed by atoms with E-state index in [9.17, 15) is 4.79 Å². The fourth-order valence-electron chi connectivity index (χ4n) is 5.92. The van der Waals surface area contributed by atoms with Gasteiger partial charge in [-0.25, -0.2) is 4.57 Å². The van der Waals surface area contributed by atoms with Gasteiger partial charge in [-0.1, -0.05) is 79.9 Å². The molecule has 6 rings (SSSR count). The van der Waals surface area contributed by atoms with Crippen LogP contribution in [0.1, 0.15) is 62.1 Å². The van der Waals surface area contributed by atoms with Crippen LogP contribution in [0.2, 0.25) is 0 Å². The minimum absolute atomic E-state index is 0.0697. The molecule has 0 atom stereocenters. The second-order valence-electron chi connectivity index (χ2n) is 9.84. The number of thioether (sulfide) groups is 1. The smallest absolute Gasteiger partial charge is 0.263 e. The molecule has 6 heteroatoms. The highest BCUT2D eigenvalue weighted by atomic mass is 32.2. The minimum Gasteiger partial charge on any atom is -0.268 e. The average Bonchev–Trinajstić information content (AvgIpc) is 3.48. The SMILES string of the molecule is CCCCSc1nnc2n(-c3ccc(C)cc3)c(=O)c3c(n12)-c1ccccc1CC31CCCC1. The fraction of sp³-hybridized carbons (Fsp3) is 0.393. The lowest BCUT2D eigenvalue weighted by atomic mass is 9.68. The van der Waals surface area contributed by atoms with E-state index < -0.39 is 0 Å². The summed E-state index contributed by atoms with van der Waals surface area (Å²) in [6.07, 6.45) is 7.66. The molecule has 1 spiro atoms. The standard InChI is InChI=1S/C28H30N4OS/c1-3-4-17-34-27-30-29-26-31(21-13-11-19(2)12-14-21)25(33)23-24(32(26)27)22-10-6-5-9-20(22)18-28(23)15-7-8-16-28/h5-6,9-14H,3-4,7-8,15-18H2,1-2H3. The Kier molecular flexibility index (Phi) is 5.36. The number of hydrogen-bond acceptors (Lipinski definition) is 4. The van der Waals surface area contributed by atoms with Crippen LogP contribution in [0.15, 0.2) is 58.5 Å². The van der Waals surface area contributed by atoms with Crippen molar-refractivity contribution in [3.63, 3.8) is 0 Å². The second-order valence-corrected chi connectivity index (χ2v) is 10.9. The van der Waals surface area contributed by atoms with Crippen molar-refractivity contribution in [3.05, 3.63) is 75.6 Å². The van der Waals surface area contributed by atoms with Crippen LogP contribution >= 0.6 is 11.8 Å². The van der Waals surface area contributed by atoms with Gasteiger partial charge in [0, 0.05) is 22.3 Å². The first kappa shape index (κ1) is 21.7. The zero-order valence-corrected chi connectivity index (χ0v) is 20.7. The van der Waals surface area contributed by atoms with E-state index >= 15 is 0 Å². The molecule has 4 aromatic rings. The van der Waals surface area contributed by atoms with E-state index in [1.54, 1.807) is 11.8 Å². The van der Waals surface area contributed by atoms with Gasteiger partial charge in [0.15, 0.2) is 5.16 Å². The monoisotopic (exact) mass is 470 g/mol. The first-order valence-electron chi connectivity index (χ1n) is 12.5. The van der Waals surface area contributed by atoms with Crippen molar-refractivity contribution in [2.24, 2.45) is 0 Å². The van der Waals surface area contributed by atoms with Crippen LogP contribution in [0.4, 0.5) is 0 Å². The van der Waals surface area contributed by atoms with Gasteiger partial charge in [0.25, 0.3) is 5.56 Å². The number of rotatable bonds is 5. The lowest BCUT2D eigenvalue weighted by Crippen LogP contribution is -2.40. The lowest BCUT2D eigenvalue weighted by Gasteiger charge is -2.37. The van der Waals surface area contributed by atoms with Gasteiger partial charge in [-0.3, -0.25) is 9.20 Å². The summed E-state index contributed by atoms with van der Waals surface area (Å²) in [5.41, 5.74) is 6.47. The molecule has 2 aliphatic carbocycles. The summed E-state index contributed by atoms with van der Waals surface area (Å²) in [6, 6.07) is 16.8. The van der Waals surface area contributed by atoms with E-state index in [1.807, 2.05) is 16.7 Å². The predicted octanol–water partition coefficient (Wildman–Crippen LogP) is 6.12. The Hall–Kier alpha value is -2.86. The van der Waals surface area contributed by atoms with Gasteiger partial charge in [0.05, 0.1) is 11.4 Å². The van der Waals surface area contributed by atoms with Crippen LogP contribution in [-0.2, 0) is 11.8 Å². The van der Waals surface area contributed by atoms with Crippen LogP contribution in [-0.4, -0.2) is 24.9 Å². The van der Waals surface area contributed by atoms with Gasteiger partial charge in [0.1, 0.15) is 0 Å². The summed E-state index contributed by atoms with van der Waals surface area (Å²) < 4.78 is 4.00. The maximum atomic E-state index is 14.4. The molecule has 5 nitrogen and oxygen atoms in total. The third kappa shape index (κ3) is 3.26. The van der Waals surface area contributed by atoms with Crippen LogP contribution in [0.3, 0.4) is 0 Å². The van der Waals surface area contributed by atoms with Crippen molar-refractivity contribution >= 4 is 17.5 Å². The third-order valence-electron chi connectivity index (χ3n) is 7.61. The van der Waals surface area contributed by atoms with Gasteiger partial charge in [-0.2, -0.15) is 0 Å². The van der Waals surface area contributed by atoms with Gasteiger partial charge < -0.3 is 0 Å². The molecule has 0 unspecified atom stereocenters. The molecule has 34 heavy (non-hydrogen) atoms. The molecular weight excluding hydrogens is 440 g/mol. The number of benzene rings is 2. The van der Waals surface area contributed by atoms with E-state index in [0.717, 1.165) is 65.5 Å². The van der Waals surface area contributed by atoms with Crippen molar-refractivity contribution in [1.29, 1.82) is 0 Å². The quantitative estimate of drug-likeness (QED) is 0.261. The van der Waals surface area contributed by atoms with Gasteiger partial charge >= 0.3 is 0 Å². The Morgan fingerprint density at radius 1 is 1.03 bits per heavy atom. The molecule has 2 aromatic heterocycles. The summed E-state index contributed by atoms with van der Waals surface area (Å²) in [7, 11) is 0. The highest BCUT2D eigenvalue weighted by Gasteiger charge is 2.45. The maximum absolute atomic E-state index is 14.4. The molecule has 0 saturated heterocycles. The van der Waals surface area contributed by atoms with E-state index in [1.165, 1.54) is 24.0 Å². The van der Waals surface area contributed by atoms with E-state index in [2.05, 4.69) is 64.8 Å². The van der Waals surface area contributed by atoms with Crippen molar-refractivity contribution in [2.75, 3.05) is 5.75 Å². The maximum Gasteiger partial charge on any atom is 0.263 e. The number of aromatic nitrogens is 4. The van der Waals surface area contributed by atoms with Crippen molar-refractivity contribution < 1.29 is 0 Å². The Morgan fingerprint density at radius 3 is 2.56 bits per heavy atom. The normalized spacial score (nSPS) is 16.2. The summed E-state index contributed by atoms with van der Waals surface area (Å²) in [4.78, 5) is 14.4. The molecule has 0 bridgehead atoms. The largest absolute Gasteiger partial charge is 0.268 e. The van der Waals surface area contributed by atoms with Crippen molar-refractivity contribution in [3.8, 4) is 16.9 Å². The number of aryl methyl sites for hydroxylation is 1. The predicted molar refractivity (Wildman–Crippen MR) is 138 cm³/mol. The fourth-order valence-corrected chi connectivity index (χ4v) is 6.93. The molecule has 2 aromatic carbocycles.